The van der Waals surface area contributed by atoms with Crippen molar-refractivity contribution in [3.8, 4) is 5.75 Å². The third-order valence-electron chi connectivity index (χ3n) is 7.88. The van der Waals surface area contributed by atoms with E-state index in [0.717, 1.165) is 24.2 Å². The molecule has 0 fully saturated rings. The number of ether oxygens (including phenoxy) is 2. The topological polar surface area (TPSA) is 125 Å². The number of likely N-dealkylation sites (N-methyl/N-ethyl adjacent to an activating group) is 1. The Morgan fingerprint density at radius 2 is 1.89 bits per heavy atom. The van der Waals surface area contributed by atoms with Gasteiger partial charge in [0.1, 0.15) is 9.96 Å². The Hall–Kier alpha value is -3.45. The molecule has 4 atom stereocenters. The molecule has 2 aromatic carbocycles. The average Bonchev–Trinajstić information content (AvgIpc) is 3.59. The molecule has 2 amide bonds. The maximum atomic E-state index is 14.3. The van der Waals surface area contributed by atoms with Gasteiger partial charge in [0.15, 0.2) is 0 Å². The highest BCUT2D eigenvalue weighted by Gasteiger charge is 2.31. The molecule has 3 aromatic rings. The van der Waals surface area contributed by atoms with Crippen LogP contribution in [0.5, 0.6) is 5.75 Å². The molecule has 0 saturated heterocycles. The van der Waals surface area contributed by atoms with E-state index < -0.39 is 22.0 Å². The fourth-order valence-corrected chi connectivity index (χ4v) is 7.27. The van der Waals surface area contributed by atoms with E-state index in [2.05, 4.69) is 4.72 Å². The zero-order valence-electron chi connectivity index (χ0n) is 26.2. The Bertz CT molecular complexity index is 1520. The average molecular weight is 658 g/mol. The molecule has 2 heterocycles. The van der Waals surface area contributed by atoms with Gasteiger partial charge in [0.2, 0.25) is 0 Å². The summed E-state index contributed by atoms with van der Waals surface area (Å²) in [5, 5.41) is 11.9. The van der Waals surface area contributed by atoms with E-state index in [4.69, 9.17) is 9.47 Å². The standard InChI is InChI=1S/C33H43N3O7S2/c1-23-20-36(24(2)22-37)33(39)28-19-27(34-45(40,41)31-14-10-18-44-31)15-16-29(28)43-25(3)11-8-9-17-42-30(23)21-35(4)32(38)26-12-6-5-7-13-26/h5-7,10,12-16,18-19,23-25,30,34,37H,8-9,11,17,20-22H2,1-4H3/t23-,24-,25-,30-/m0/s1. The van der Waals surface area contributed by atoms with E-state index in [0.29, 0.717) is 30.9 Å². The highest BCUT2D eigenvalue weighted by atomic mass is 32.2. The molecular formula is C33H43N3O7S2. The second-order valence-electron chi connectivity index (χ2n) is 11.6. The van der Waals surface area contributed by atoms with Crippen LogP contribution >= 0.6 is 11.3 Å². The van der Waals surface area contributed by atoms with Crippen molar-refractivity contribution in [3.63, 3.8) is 0 Å². The van der Waals surface area contributed by atoms with E-state index in [9.17, 15) is 23.1 Å². The first-order valence-corrected chi connectivity index (χ1v) is 17.6. The first kappa shape index (κ1) is 34.4. The lowest BCUT2D eigenvalue weighted by Crippen LogP contribution is -2.48. The number of thiophene rings is 1. The van der Waals surface area contributed by atoms with Crippen LogP contribution in [0.15, 0.2) is 70.3 Å². The summed E-state index contributed by atoms with van der Waals surface area (Å²) in [7, 11) is -2.11. The molecule has 4 rings (SSSR count). The summed E-state index contributed by atoms with van der Waals surface area (Å²) in [6.45, 7) is 6.38. The Morgan fingerprint density at radius 1 is 1.13 bits per heavy atom. The van der Waals surface area contributed by atoms with Crippen molar-refractivity contribution in [2.75, 3.05) is 38.1 Å². The zero-order chi connectivity index (χ0) is 32.6. The molecule has 1 aliphatic heterocycles. The van der Waals surface area contributed by atoms with Gasteiger partial charge in [-0.25, -0.2) is 8.42 Å². The minimum absolute atomic E-state index is 0.125. The van der Waals surface area contributed by atoms with Gasteiger partial charge in [-0.05, 0) is 74.9 Å². The number of benzene rings is 2. The molecule has 0 aliphatic carbocycles. The van der Waals surface area contributed by atoms with Crippen LogP contribution in [-0.2, 0) is 14.8 Å². The quantitative estimate of drug-likeness (QED) is 0.345. The fraction of sp³-hybridized carbons (Fsp3) is 0.455. The number of anilines is 1. The third-order valence-corrected chi connectivity index (χ3v) is 10.7. The summed E-state index contributed by atoms with van der Waals surface area (Å²) >= 11 is 1.10. The maximum absolute atomic E-state index is 14.3. The van der Waals surface area contributed by atoms with Crippen LogP contribution < -0.4 is 9.46 Å². The van der Waals surface area contributed by atoms with E-state index in [1.165, 1.54) is 12.1 Å². The number of hydrogen-bond donors (Lipinski definition) is 2. The molecule has 0 unspecified atom stereocenters. The smallest absolute Gasteiger partial charge is 0.271 e. The van der Waals surface area contributed by atoms with Crippen LogP contribution in [0.3, 0.4) is 0 Å². The van der Waals surface area contributed by atoms with Gasteiger partial charge >= 0.3 is 0 Å². The monoisotopic (exact) mass is 657 g/mol. The predicted octanol–water partition coefficient (Wildman–Crippen LogP) is 5.12. The van der Waals surface area contributed by atoms with Gasteiger partial charge < -0.3 is 24.4 Å². The van der Waals surface area contributed by atoms with Crippen molar-refractivity contribution in [1.29, 1.82) is 0 Å². The minimum atomic E-state index is -3.85. The van der Waals surface area contributed by atoms with Gasteiger partial charge in [-0.2, -0.15) is 0 Å². The second kappa shape index (κ2) is 15.7. The maximum Gasteiger partial charge on any atom is 0.271 e. The predicted molar refractivity (Wildman–Crippen MR) is 175 cm³/mol. The summed E-state index contributed by atoms with van der Waals surface area (Å²) in [6, 6.07) is 16.3. The van der Waals surface area contributed by atoms with Crippen LogP contribution in [0.2, 0.25) is 0 Å². The summed E-state index contributed by atoms with van der Waals surface area (Å²) in [5.74, 6) is -0.416. The number of rotatable bonds is 8. The van der Waals surface area contributed by atoms with Crippen molar-refractivity contribution in [2.24, 2.45) is 5.92 Å². The van der Waals surface area contributed by atoms with Crippen molar-refractivity contribution in [3.05, 3.63) is 77.2 Å². The van der Waals surface area contributed by atoms with Crippen molar-refractivity contribution < 1.29 is 32.6 Å². The lowest BCUT2D eigenvalue weighted by molar-refractivity contribution is -0.0149. The third kappa shape index (κ3) is 9.06. The molecular weight excluding hydrogens is 615 g/mol. The van der Waals surface area contributed by atoms with Crippen molar-refractivity contribution in [1.82, 2.24) is 9.80 Å². The normalized spacial score (nSPS) is 20.8. The lowest BCUT2D eigenvalue weighted by atomic mass is 10.0. The molecule has 0 spiro atoms. The van der Waals surface area contributed by atoms with Crippen LogP contribution in [0, 0.1) is 5.92 Å². The number of nitrogens with one attached hydrogen (secondary N) is 1. The number of fused-ring (bicyclic) bond motifs is 1. The summed E-state index contributed by atoms with van der Waals surface area (Å²) in [5.41, 5.74) is 0.988. The van der Waals surface area contributed by atoms with Gasteiger partial charge in [-0.3, -0.25) is 14.3 Å². The first-order chi connectivity index (χ1) is 21.5. The SMILES string of the molecule is C[C@H]1CCCCO[C@@H](CN(C)C(=O)c2ccccc2)[C@@H](C)CN([C@@H](C)CO)C(=O)c2cc(NS(=O)(=O)c3cccs3)ccc2O1. The number of hydrogen-bond acceptors (Lipinski definition) is 8. The molecule has 10 nitrogen and oxygen atoms in total. The summed E-state index contributed by atoms with van der Waals surface area (Å²) < 4.78 is 41.2. The van der Waals surface area contributed by atoms with Gasteiger partial charge in [0.25, 0.3) is 21.8 Å². The number of aliphatic hydroxyl groups excluding tert-OH is 1. The first-order valence-electron chi connectivity index (χ1n) is 15.2. The Labute approximate surface area is 270 Å². The van der Waals surface area contributed by atoms with Crippen LogP contribution in [0.4, 0.5) is 5.69 Å². The number of nitrogens with zero attached hydrogens (tertiary/aromatic N) is 2. The number of aliphatic hydroxyl groups is 1. The van der Waals surface area contributed by atoms with Crippen LogP contribution in [0.1, 0.15) is 60.7 Å². The minimum Gasteiger partial charge on any atom is -0.490 e. The highest BCUT2D eigenvalue weighted by Crippen LogP contribution is 2.30. The number of carbonyl (C=O) groups is 2. The van der Waals surface area contributed by atoms with Gasteiger partial charge in [-0.1, -0.05) is 31.2 Å². The number of amides is 2. The zero-order valence-corrected chi connectivity index (χ0v) is 27.9. The molecule has 1 aromatic heterocycles. The summed E-state index contributed by atoms with van der Waals surface area (Å²) in [6.07, 6.45) is 1.73. The summed E-state index contributed by atoms with van der Waals surface area (Å²) in [4.78, 5) is 30.6. The lowest BCUT2D eigenvalue weighted by Gasteiger charge is -2.36. The molecule has 1 aliphatic rings. The largest absolute Gasteiger partial charge is 0.490 e. The molecule has 244 valence electrons. The number of carbonyl (C=O) groups excluding carboxylic acids is 2. The van der Waals surface area contributed by atoms with E-state index >= 15 is 0 Å². The van der Waals surface area contributed by atoms with E-state index in [1.54, 1.807) is 59.5 Å². The molecule has 12 heteroatoms. The van der Waals surface area contributed by atoms with E-state index in [-0.39, 0.29) is 52.6 Å². The Balaban J connectivity index is 1.65. The van der Waals surface area contributed by atoms with Crippen LogP contribution in [0.25, 0.3) is 0 Å². The molecule has 0 radical (unpaired) electrons. The molecule has 0 bridgehead atoms. The van der Waals surface area contributed by atoms with E-state index in [1.807, 2.05) is 32.0 Å². The Morgan fingerprint density at radius 3 is 2.58 bits per heavy atom. The Kier molecular flexibility index (Phi) is 12.0. The second-order valence-corrected chi connectivity index (χ2v) is 14.5. The number of sulfonamides is 1. The molecule has 0 saturated carbocycles. The van der Waals surface area contributed by atoms with Gasteiger partial charge in [0.05, 0.1) is 30.4 Å². The fourth-order valence-electron chi connectivity index (χ4n) is 5.22. The van der Waals surface area contributed by atoms with Crippen molar-refractivity contribution in [2.45, 2.75) is 62.5 Å². The highest BCUT2D eigenvalue weighted by molar-refractivity contribution is 7.94. The van der Waals surface area contributed by atoms with Crippen molar-refractivity contribution >= 4 is 38.9 Å². The van der Waals surface area contributed by atoms with Crippen LogP contribution in [-0.4, -0.2) is 86.7 Å². The van der Waals surface area contributed by atoms with Gasteiger partial charge in [-0.15, -0.1) is 11.3 Å². The van der Waals surface area contributed by atoms with Gasteiger partial charge in [0, 0.05) is 43.9 Å². The molecule has 2 N–H and O–H groups in total. The molecule has 45 heavy (non-hydrogen) atoms.